The summed E-state index contributed by atoms with van der Waals surface area (Å²) in [5, 5.41) is 0. The number of furan rings is 1. The molecule has 0 aliphatic carbocycles. The number of ether oxygens (including phenoxy) is 1. The number of hydrogen-bond donors (Lipinski definition) is 1. The third kappa shape index (κ3) is 4.47. The number of hydrogen-bond acceptors (Lipinski definition) is 7. The average Bonchev–Trinajstić information content (AvgIpc) is 3.46. The molecule has 0 saturated heterocycles. The van der Waals surface area contributed by atoms with Crippen molar-refractivity contribution in [3.05, 3.63) is 77.0 Å². The van der Waals surface area contributed by atoms with Crippen LogP contribution in [-0.2, 0) is 26.1 Å². The number of aromatic nitrogens is 1. The number of amidine groups is 1. The highest BCUT2D eigenvalue weighted by molar-refractivity contribution is 7.90. The van der Waals surface area contributed by atoms with E-state index in [2.05, 4.69) is 9.71 Å². The zero-order valence-corrected chi connectivity index (χ0v) is 19.2. The molecule has 1 aromatic carbocycles. The largest absolute Gasteiger partial charge is 0.467 e. The Morgan fingerprint density at radius 2 is 1.94 bits per heavy atom. The molecule has 4 rings (SSSR count). The molecule has 9 nitrogen and oxygen atoms in total. The van der Waals surface area contributed by atoms with Crippen LogP contribution in [0.4, 0.5) is 0 Å². The summed E-state index contributed by atoms with van der Waals surface area (Å²) >= 11 is 0. The Bertz CT molecular complexity index is 1350. The summed E-state index contributed by atoms with van der Waals surface area (Å²) in [6.07, 6.45) is 1.59. The second-order valence-electron chi connectivity index (χ2n) is 7.74. The number of sulfonamides is 1. The summed E-state index contributed by atoms with van der Waals surface area (Å²) in [6, 6.07) is 10.8. The number of fused-ring (bicyclic) bond motifs is 1. The molecule has 172 valence electrons. The van der Waals surface area contributed by atoms with Crippen LogP contribution >= 0.6 is 0 Å². The van der Waals surface area contributed by atoms with Crippen LogP contribution in [0.25, 0.3) is 0 Å². The first-order valence-electron chi connectivity index (χ1n) is 10.3. The van der Waals surface area contributed by atoms with Crippen LogP contribution < -0.4 is 4.72 Å². The number of Topliss-reactive ketones (excluding diaryl/α,β-unsaturated/α-hetero) is 1. The van der Waals surface area contributed by atoms with E-state index in [0.29, 0.717) is 17.7 Å². The van der Waals surface area contributed by atoms with E-state index in [4.69, 9.17) is 9.15 Å². The molecule has 1 aliphatic heterocycles. The summed E-state index contributed by atoms with van der Waals surface area (Å²) in [5.41, 5.74) is 2.47. The molecule has 10 heteroatoms. The molecule has 2 aromatic heterocycles. The van der Waals surface area contributed by atoms with Crippen LogP contribution in [0.5, 0.6) is 0 Å². The minimum atomic E-state index is -3.71. The molecule has 0 bridgehead atoms. The molecule has 0 radical (unpaired) electrons. The van der Waals surface area contributed by atoms with Gasteiger partial charge in [0.2, 0.25) is 5.78 Å². The lowest BCUT2D eigenvalue weighted by atomic mass is 10.1. The molecule has 3 heterocycles. The van der Waals surface area contributed by atoms with Crippen molar-refractivity contribution in [2.24, 2.45) is 4.99 Å². The second-order valence-corrected chi connectivity index (χ2v) is 9.39. The number of carbonyl (C=O) groups excluding carboxylic acids is 2. The number of esters is 1. The smallest absolute Gasteiger partial charge is 0.331 e. The Morgan fingerprint density at radius 3 is 2.67 bits per heavy atom. The normalized spacial score (nSPS) is 16.3. The van der Waals surface area contributed by atoms with Crippen LogP contribution in [-0.4, -0.2) is 43.2 Å². The van der Waals surface area contributed by atoms with Gasteiger partial charge in [-0.25, -0.2) is 13.2 Å². The van der Waals surface area contributed by atoms with Gasteiger partial charge in [-0.2, -0.15) is 0 Å². The van der Waals surface area contributed by atoms with Gasteiger partial charge >= 0.3 is 5.97 Å². The number of rotatable bonds is 7. The zero-order chi connectivity index (χ0) is 23.8. The van der Waals surface area contributed by atoms with E-state index in [9.17, 15) is 18.0 Å². The van der Waals surface area contributed by atoms with Gasteiger partial charge in [0.1, 0.15) is 17.6 Å². The van der Waals surface area contributed by atoms with Crippen LogP contribution in [0.2, 0.25) is 0 Å². The molecule has 0 spiro atoms. The van der Waals surface area contributed by atoms with Gasteiger partial charge in [0.15, 0.2) is 6.61 Å². The molecule has 1 atom stereocenters. The third-order valence-electron chi connectivity index (χ3n) is 5.44. The summed E-state index contributed by atoms with van der Waals surface area (Å²) in [4.78, 5) is 29.4. The maximum Gasteiger partial charge on any atom is 0.331 e. The zero-order valence-electron chi connectivity index (χ0n) is 18.4. The molecule has 1 N–H and O–H groups in total. The lowest BCUT2D eigenvalue weighted by Crippen LogP contribution is -2.27. The van der Waals surface area contributed by atoms with Crippen LogP contribution in [0.1, 0.15) is 40.0 Å². The Kier molecular flexibility index (Phi) is 5.94. The van der Waals surface area contributed by atoms with E-state index in [0.717, 1.165) is 17.1 Å². The fourth-order valence-corrected chi connectivity index (χ4v) is 4.94. The van der Waals surface area contributed by atoms with Gasteiger partial charge in [0.25, 0.3) is 10.0 Å². The van der Waals surface area contributed by atoms with Crippen molar-refractivity contribution in [3.8, 4) is 0 Å². The van der Waals surface area contributed by atoms with E-state index >= 15 is 0 Å². The minimum Gasteiger partial charge on any atom is -0.467 e. The summed E-state index contributed by atoms with van der Waals surface area (Å²) in [7, 11) is -3.71. The first-order valence-corrected chi connectivity index (χ1v) is 11.7. The predicted molar refractivity (Wildman–Crippen MR) is 120 cm³/mol. The maximum atomic E-state index is 12.7. The molecule has 33 heavy (non-hydrogen) atoms. The molecule has 3 aromatic rings. The number of aliphatic imine (C=N–C) groups is 1. The van der Waals surface area contributed by atoms with Gasteiger partial charge in [-0.15, -0.1) is 0 Å². The van der Waals surface area contributed by atoms with Crippen molar-refractivity contribution in [1.82, 2.24) is 9.29 Å². The molecule has 0 fully saturated rings. The first-order chi connectivity index (χ1) is 15.7. The lowest BCUT2D eigenvalue weighted by molar-refractivity contribution is -0.143. The van der Waals surface area contributed by atoms with Crippen molar-refractivity contribution in [1.29, 1.82) is 0 Å². The van der Waals surface area contributed by atoms with Gasteiger partial charge in [-0.05, 0) is 51.1 Å². The number of nitrogens with one attached hydrogen (secondary N) is 1. The van der Waals surface area contributed by atoms with Crippen molar-refractivity contribution >= 4 is 27.6 Å². The van der Waals surface area contributed by atoms with Crippen molar-refractivity contribution in [3.63, 3.8) is 0 Å². The van der Waals surface area contributed by atoms with E-state index < -0.39 is 28.6 Å². The summed E-state index contributed by atoms with van der Waals surface area (Å²) in [6.45, 7) is 5.23. The fraction of sp³-hybridized carbons (Fsp3) is 0.261. The van der Waals surface area contributed by atoms with Crippen molar-refractivity contribution in [2.45, 2.75) is 38.3 Å². The van der Waals surface area contributed by atoms with Crippen LogP contribution in [0.3, 0.4) is 0 Å². The monoisotopic (exact) mass is 469 g/mol. The lowest BCUT2D eigenvalue weighted by Gasteiger charge is -2.10. The molecular weight excluding hydrogens is 446 g/mol. The maximum absolute atomic E-state index is 12.7. The highest BCUT2D eigenvalue weighted by Crippen LogP contribution is 2.23. The number of ketones is 1. The fourth-order valence-electron chi connectivity index (χ4n) is 3.70. The highest BCUT2D eigenvalue weighted by atomic mass is 32.2. The van der Waals surface area contributed by atoms with E-state index in [1.165, 1.54) is 13.0 Å². The van der Waals surface area contributed by atoms with Crippen LogP contribution in [0, 0.1) is 13.8 Å². The highest BCUT2D eigenvalue weighted by Gasteiger charge is 2.31. The van der Waals surface area contributed by atoms with Gasteiger partial charge in [0, 0.05) is 22.5 Å². The quantitative estimate of drug-likeness (QED) is 0.420. The molecule has 0 amide bonds. The van der Waals surface area contributed by atoms with E-state index in [1.54, 1.807) is 36.6 Å². The Morgan fingerprint density at radius 1 is 1.18 bits per heavy atom. The Balaban J connectivity index is 1.42. The van der Waals surface area contributed by atoms with Gasteiger partial charge < -0.3 is 13.7 Å². The van der Waals surface area contributed by atoms with Gasteiger partial charge in [0.05, 0.1) is 17.7 Å². The average molecular weight is 470 g/mol. The number of carbonyl (C=O) groups is 2. The van der Waals surface area contributed by atoms with E-state index in [1.807, 2.05) is 24.5 Å². The van der Waals surface area contributed by atoms with E-state index in [-0.39, 0.29) is 16.5 Å². The summed E-state index contributed by atoms with van der Waals surface area (Å²) in [5.74, 6) is -0.236. The van der Waals surface area contributed by atoms with Gasteiger partial charge in [-0.3, -0.25) is 14.5 Å². The predicted octanol–water partition coefficient (Wildman–Crippen LogP) is 2.60. The SMILES string of the molecule is Cc1cc(C(=O)COC(=O)C(C)N=C2NS(=O)(=O)c3ccccc32)c(C)n1Cc1ccco1. The number of aryl methyl sites for hydroxylation is 1. The third-order valence-corrected chi connectivity index (χ3v) is 6.84. The number of benzene rings is 1. The first kappa shape index (κ1) is 22.5. The molecule has 1 unspecified atom stereocenters. The van der Waals surface area contributed by atoms with Crippen molar-refractivity contribution in [2.75, 3.05) is 6.61 Å². The van der Waals surface area contributed by atoms with Crippen LogP contribution in [0.15, 0.2) is 63.0 Å². The molecule has 0 saturated carbocycles. The second kappa shape index (κ2) is 8.70. The molecular formula is C23H23N3O6S. The van der Waals surface area contributed by atoms with Gasteiger partial charge in [-0.1, -0.05) is 12.1 Å². The minimum absolute atomic E-state index is 0.0721. The summed E-state index contributed by atoms with van der Waals surface area (Å²) < 4.78 is 39.2. The Labute approximate surface area is 191 Å². The Hall–Kier alpha value is -3.66. The number of nitrogens with zero attached hydrogens (tertiary/aromatic N) is 2. The molecule has 1 aliphatic rings. The topological polar surface area (TPSA) is 120 Å². The standard InChI is InChI=1S/C23H23N3O6S/c1-14-11-19(16(3)26(14)12-17-7-6-10-31-17)20(27)13-32-23(28)15(2)24-22-18-8-4-5-9-21(18)33(29,30)25-22/h4-11,15H,12-13H2,1-3H3,(H,24,25). The van der Waals surface area contributed by atoms with Crippen molar-refractivity contribution < 1.29 is 27.2 Å².